The van der Waals surface area contributed by atoms with E-state index in [0.717, 1.165) is 36.6 Å². The smallest absolute Gasteiger partial charge is 0.220 e. The van der Waals surface area contributed by atoms with Crippen LogP contribution < -0.4 is 15.0 Å². The number of anilines is 1. The van der Waals surface area contributed by atoms with Gasteiger partial charge in [-0.1, -0.05) is 12.1 Å². The number of halogens is 1. The predicted octanol–water partition coefficient (Wildman–Crippen LogP) is 5.04. The summed E-state index contributed by atoms with van der Waals surface area (Å²) in [4.78, 5) is 19.1. The van der Waals surface area contributed by atoms with Gasteiger partial charge in [-0.25, -0.2) is 9.37 Å². The number of nitrogens with zero attached hydrogens (tertiary/aromatic N) is 2. The number of ether oxygens (including phenoxy) is 1. The molecule has 1 saturated heterocycles. The van der Waals surface area contributed by atoms with Crippen LogP contribution in [-0.2, 0) is 11.2 Å². The number of aromatic nitrogens is 1. The van der Waals surface area contributed by atoms with Crippen molar-refractivity contribution >= 4 is 22.4 Å². The van der Waals surface area contributed by atoms with Gasteiger partial charge >= 0.3 is 0 Å². The lowest BCUT2D eigenvalue weighted by Crippen LogP contribution is -2.41. The fourth-order valence-corrected chi connectivity index (χ4v) is 4.47. The maximum absolute atomic E-state index is 13.0. The summed E-state index contributed by atoms with van der Waals surface area (Å²) >= 11 is 1.66. The van der Waals surface area contributed by atoms with Crippen molar-refractivity contribution in [3.63, 3.8) is 0 Å². The van der Waals surface area contributed by atoms with Crippen LogP contribution in [0.15, 0.2) is 60.1 Å². The van der Waals surface area contributed by atoms with E-state index in [1.54, 1.807) is 23.5 Å². The zero-order valence-corrected chi connectivity index (χ0v) is 18.1. The van der Waals surface area contributed by atoms with Gasteiger partial charge in [0.25, 0.3) is 0 Å². The molecule has 4 rings (SSSR count). The van der Waals surface area contributed by atoms with Crippen LogP contribution in [0.25, 0.3) is 0 Å². The van der Waals surface area contributed by atoms with Gasteiger partial charge < -0.3 is 15.0 Å². The van der Waals surface area contributed by atoms with E-state index in [0.29, 0.717) is 36.8 Å². The Morgan fingerprint density at radius 1 is 1.23 bits per heavy atom. The third kappa shape index (κ3) is 6.28. The van der Waals surface area contributed by atoms with Crippen molar-refractivity contribution in [2.75, 3.05) is 24.5 Å². The van der Waals surface area contributed by atoms with E-state index in [9.17, 15) is 9.18 Å². The van der Waals surface area contributed by atoms with Gasteiger partial charge in [-0.15, -0.1) is 11.3 Å². The van der Waals surface area contributed by atoms with E-state index in [4.69, 9.17) is 4.74 Å². The number of hydrogen-bond acceptors (Lipinski definition) is 5. The molecule has 2 aromatic carbocycles. The predicted molar refractivity (Wildman–Crippen MR) is 121 cm³/mol. The van der Waals surface area contributed by atoms with Gasteiger partial charge in [-0.2, -0.15) is 0 Å². The van der Waals surface area contributed by atoms with Crippen LogP contribution in [0.4, 0.5) is 9.52 Å². The molecule has 2 heterocycles. The molecule has 162 valence electrons. The molecule has 0 saturated carbocycles. The Labute approximate surface area is 185 Å². The number of carbonyl (C=O) groups excluding carboxylic acids is 1. The molecule has 7 heteroatoms. The Morgan fingerprint density at radius 2 is 2.10 bits per heavy atom. The average Bonchev–Trinajstić information content (AvgIpc) is 3.33. The minimum Gasteiger partial charge on any atom is -0.457 e. The van der Waals surface area contributed by atoms with Crippen LogP contribution in [0.2, 0.25) is 0 Å². The molecular formula is C24H26FN3O2S. The van der Waals surface area contributed by atoms with Crippen LogP contribution in [0.5, 0.6) is 11.5 Å². The minimum absolute atomic E-state index is 0.0660. The van der Waals surface area contributed by atoms with Gasteiger partial charge in [0.05, 0.1) is 0 Å². The molecule has 1 fully saturated rings. The summed E-state index contributed by atoms with van der Waals surface area (Å²) in [6.45, 7) is 2.68. The second kappa shape index (κ2) is 10.4. The third-order valence-corrected chi connectivity index (χ3v) is 6.22. The van der Waals surface area contributed by atoms with Gasteiger partial charge in [0.15, 0.2) is 5.13 Å². The first kappa shape index (κ1) is 21.3. The average molecular weight is 440 g/mol. The normalized spacial score (nSPS) is 16.2. The molecule has 5 nitrogen and oxygen atoms in total. The van der Waals surface area contributed by atoms with Crippen molar-refractivity contribution < 1.29 is 13.9 Å². The van der Waals surface area contributed by atoms with E-state index in [2.05, 4.69) is 15.2 Å². The molecular weight excluding hydrogens is 413 g/mol. The molecule has 0 bridgehead atoms. The zero-order chi connectivity index (χ0) is 21.5. The van der Waals surface area contributed by atoms with Gasteiger partial charge in [0.1, 0.15) is 17.3 Å². The highest BCUT2D eigenvalue weighted by Crippen LogP contribution is 2.25. The van der Waals surface area contributed by atoms with Crippen LogP contribution >= 0.6 is 11.3 Å². The van der Waals surface area contributed by atoms with Crippen molar-refractivity contribution in [3.05, 3.63) is 71.5 Å². The molecule has 1 amide bonds. The van der Waals surface area contributed by atoms with E-state index >= 15 is 0 Å². The van der Waals surface area contributed by atoms with Gasteiger partial charge in [-0.05, 0) is 67.1 Å². The summed E-state index contributed by atoms with van der Waals surface area (Å²) < 4.78 is 18.8. The zero-order valence-electron chi connectivity index (χ0n) is 17.3. The first-order valence-electron chi connectivity index (χ1n) is 10.6. The van der Waals surface area contributed by atoms with Crippen molar-refractivity contribution in [1.82, 2.24) is 10.3 Å². The molecule has 31 heavy (non-hydrogen) atoms. The van der Waals surface area contributed by atoms with E-state index < -0.39 is 0 Å². The number of thiazole rings is 1. The third-order valence-electron chi connectivity index (χ3n) is 5.39. The first-order chi connectivity index (χ1) is 15.2. The summed E-state index contributed by atoms with van der Waals surface area (Å²) in [5, 5.41) is 6.17. The minimum atomic E-state index is -0.295. The maximum Gasteiger partial charge on any atom is 0.220 e. The Kier molecular flexibility index (Phi) is 7.14. The van der Waals surface area contributed by atoms with Crippen LogP contribution in [-0.4, -0.2) is 30.5 Å². The molecule has 3 aromatic rings. The van der Waals surface area contributed by atoms with E-state index in [1.165, 1.54) is 12.1 Å². The number of hydrogen-bond donors (Lipinski definition) is 1. The highest BCUT2D eigenvalue weighted by Gasteiger charge is 2.21. The lowest BCUT2D eigenvalue weighted by Gasteiger charge is -2.32. The summed E-state index contributed by atoms with van der Waals surface area (Å²) in [7, 11) is 0. The highest BCUT2D eigenvalue weighted by molar-refractivity contribution is 7.13. The highest BCUT2D eigenvalue weighted by atomic mass is 32.1. The number of benzene rings is 2. The number of carbonyl (C=O) groups is 1. The number of amides is 1. The largest absolute Gasteiger partial charge is 0.457 e. The van der Waals surface area contributed by atoms with Crippen molar-refractivity contribution in [1.29, 1.82) is 0 Å². The second-order valence-electron chi connectivity index (χ2n) is 7.78. The van der Waals surface area contributed by atoms with Crippen molar-refractivity contribution in [3.8, 4) is 11.5 Å². The fourth-order valence-electron chi connectivity index (χ4n) is 3.79. The Balaban J connectivity index is 1.22. The van der Waals surface area contributed by atoms with Crippen LogP contribution in [0.3, 0.4) is 0 Å². The standard InChI is InChI=1S/C24H26FN3O2S/c25-20-7-9-21(10-8-20)30-22-5-1-3-18(15-22)6-11-23(29)27-16-19-4-2-13-28(17-19)24-26-12-14-31-24/h1,3,5,7-10,12,14-15,19H,2,4,6,11,13,16-17H2,(H,27,29)/t19-/m1/s1. The number of nitrogens with one attached hydrogen (secondary N) is 1. The van der Waals surface area contributed by atoms with E-state index in [-0.39, 0.29) is 11.7 Å². The molecule has 0 spiro atoms. The SMILES string of the molecule is O=C(CCc1cccc(Oc2ccc(F)cc2)c1)NC[C@H]1CCCN(c2nccs2)C1. The Hall–Kier alpha value is -2.93. The topological polar surface area (TPSA) is 54.5 Å². The summed E-state index contributed by atoms with van der Waals surface area (Å²) in [5.74, 6) is 1.48. The Bertz CT molecular complexity index is 979. The van der Waals surface area contributed by atoms with Gasteiger partial charge in [0, 0.05) is 37.6 Å². The maximum atomic E-state index is 13.0. The molecule has 0 radical (unpaired) electrons. The lowest BCUT2D eigenvalue weighted by atomic mass is 9.98. The molecule has 1 aliphatic heterocycles. The quantitative estimate of drug-likeness (QED) is 0.534. The summed E-state index contributed by atoms with van der Waals surface area (Å²) in [5.41, 5.74) is 1.03. The number of aryl methyl sites for hydroxylation is 1. The first-order valence-corrected chi connectivity index (χ1v) is 11.5. The van der Waals surface area contributed by atoms with Crippen molar-refractivity contribution in [2.45, 2.75) is 25.7 Å². The molecule has 1 N–H and O–H groups in total. The molecule has 0 aliphatic carbocycles. The number of piperidine rings is 1. The van der Waals surface area contributed by atoms with Crippen LogP contribution in [0.1, 0.15) is 24.8 Å². The van der Waals surface area contributed by atoms with Crippen molar-refractivity contribution in [2.24, 2.45) is 5.92 Å². The van der Waals surface area contributed by atoms with E-state index in [1.807, 2.05) is 35.8 Å². The fraction of sp³-hybridized carbons (Fsp3) is 0.333. The monoisotopic (exact) mass is 439 g/mol. The molecule has 1 aromatic heterocycles. The lowest BCUT2D eigenvalue weighted by molar-refractivity contribution is -0.121. The molecule has 1 atom stereocenters. The van der Waals surface area contributed by atoms with Gasteiger partial charge in [0.2, 0.25) is 5.91 Å². The second-order valence-corrected chi connectivity index (χ2v) is 8.65. The summed E-state index contributed by atoms with van der Waals surface area (Å²) in [6, 6.07) is 13.6. The van der Waals surface area contributed by atoms with Crippen LogP contribution in [0, 0.1) is 11.7 Å². The summed E-state index contributed by atoms with van der Waals surface area (Å²) in [6.07, 6.45) is 5.17. The Morgan fingerprint density at radius 3 is 2.90 bits per heavy atom. The van der Waals surface area contributed by atoms with Gasteiger partial charge in [-0.3, -0.25) is 4.79 Å². The molecule has 1 aliphatic rings. The molecule has 0 unspecified atom stereocenters. The number of rotatable bonds is 8.